The predicted molar refractivity (Wildman–Crippen MR) is 190 cm³/mol. The lowest BCUT2D eigenvalue weighted by Gasteiger charge is -2.13. The lowest BCUT2D eigenvalue weighted by Crippen LogP contribution is -2.26. The first-order valence-electron chi connectivity index (χ1n) is 18.3. The summed E-state index contributed by atoms with van der Waals surface area (Å²) < 4.78 is 5.28. The molecular weight excluding hydrogens is 544 g/mol. The summed E-state index contributed by atoms with van der Waals surface area (Å²) in [5.41, 5.74) is 0. The topological polar surface area (TPSA) is 63.6 Å². The number of allylic oxidation sites excluding steroid dienone is 10. The summed E-state index contributed by atoms with van der Waals surface area (Å²) in [6.45, 7) is 4.42. The van der Waals surface area contributed by atoms with Gasteiger partial charge in [0.15, 0.2) is 6.10 Å². The van der Waals surface area contributed by atoms with E-state index in [9.17, 15) is 14.7 Å². The Balaban J connectivity index is 3.70. The number of rotatable bonds is 32. The second-order valence-corrected chi connectivity index (χ2v) is 12.0. The van der Waals surface area contributed by atoms with Crippen molar-refractivity contribution in [3.8, 4) is 0 Å². The first kappa shape index (κ1) is 41.6. The Hall–Kier alpha value is -2.36. The summed E-state index contributed by atoms with van der Waals surface area (Å²) in [4.78, 5) is 23.7. The molecule has 0 radical (unpaired) electrons. The summed E-state index contributed by atoms with van der Waals surface area (Å²) in [6.07, 6.45) is 48.2. The van der Waals surface area contributed by atoms with Crippen LogP contribution in [0.1, 0.15) is 174 Å². The highest BCUT2D eigenvalue weighted by atomic mass is 16.6. The van der Waals surface area contributed by atoms with E-state index in [4.69, 9.17) is 4.74 Å². The minimum atomic E-state index is -1.03. The van der Waals surface area contributed by atoms with E-state index in [2.05, 4.69) is 74.6 Å². The molecule has 0 rings (SSSR count). The van der Waals surface area contributed by atoms with Crippen molar-refractivity contribution >= 4 is 11.9 Å². The van der Waals surface area contributed by atoms with Gasteiger partial charge in [0.25, 0.3) is 0 Å². The van der Waals surface area contributed by atoms with Gasteiger partial charge in [-0.15, -0.1) is 0 Å². The zero-order valence-electron chi connectivity index (χ0n) is 28.7. The van der Waals surface area contributed by atoms with Crippen LogP contribution in [0.15, 0.2) is 60.8 Å². The summed E-state index contributed by atoms with van der Waals surface area (Å²) in [5.74, 6) is -1.43. The van der Waals surface area contributed by atoms with Crippen LogP contribution < -0.4 is 0 Å². The van der Waals surface area contributed by atoms with Crippen molar-refractivity contribution in [1.29, 1.82) is 0 Å². The van der Waals surface area contributed by atoms with Gasteiger partial charge in [-0.25, -0.2) is 4.79 Å². The maximum absolute atomic E-state index is 12.2. The third-order valence-corrected chi connectivity index (χ3v) is 7.78. The number of hydrogen-bond donors (Lipinski definition) is 1. The molecule has 0 fully saturated rings. The van der Waals surface area contributed by atoms with Gasteiger partial charge in [-0.1, -0.05) is 171 Å². The highest BCUT2D eigenvalue weighted by Gasteiger charge is 2.21. The average molecular weight is 613 g/mol. The Bertz CT molecular complexity index is 789. The zero-order valence-corrected chi connectivity index (χ0v) is 28.7. The molecular formula is C40H68O4. The molecule has 1 atom stereocenters. The average Bonchev–Trinajstić information content (AvgIpc) is 3.01. The van der Waals surface area contributed by atoms with Gasteiger partial charge in [0.05, 0.1) is 0 Å². The maximum Gasteiger partial charge on any atom is 0.345 e. The van der Waals surface area contributed by atoms with Gasteiger partial charge in [-0.05, 0) is 57.8 Å². The SMILES string of the molecule is CC/C=C\C/C=C\C/C=C\C/C=C\C/C=C\CCCC(=O)OC(CCCCCCCCCCCCCCCCCC)C(=O)O. The van der Waals surface area contributed by atoms with Crippen LogP contribution in [-0.4, -0.2) is 23.1 Å². The Kier molecular flexibility index (Phi) is 33.2. The molecule has 252 valence electrons. The first-order valence-corrected chi connectivity index (χ1v) is 18.3. The van der Waals surface area contributed by atoms with E-state index in [0.29, 0.717) is 12.8 Å². The molecule has 0 aromatic rings. The van der Waals surface area contributed by atoms with E-state index < -0.39 is 18.0 Å². The van der Waals surface area contributed by atoms with Gasteiger partial charge >= 0.3 is 11.9 Å². The minimum Gasteiger partial charge on any atom is -0.479 e. The molecule has 0 aliphatic carbocycles. The highest BCUT2D eigenvalue weighted by molar-refractivity contribution is 5.77. The van der Waals surface area contributed by atoms with Crippen molar-refractivity contribution in [2.24, 2.45) is 0 Å². The number of carboxylic acid groups (broad SMARTS) is 1. The van der Waals surface area contributed by atoms with Crippen LogP contribution in [0.25, 0.3) is 0 Å². The molecule has 4 heteroatoms. The fourth-order valence-corrected chi connectivity index (χ4v) is 5.06. The van der Waals surface area contributed by atoms with E-state index in [1.54, 1.807) is 0 Å². The fraction of sp³-hybridized carbons (Fsp3) is 0.700. The Morgan fingerprint density at radius 2 is 0.909 bits per heavy atom. The van der Waals surface area contributed by atoms with Crippen LogP contribution in [0, 0.1) is 0 Å². The number of hydrogen-bond acceptors (Lipinski definition) is 3. The van der Waals surface area contributed by atoms with Crippen molar-refractivity contribution in [2.45, 2.75) is 180 Å². The second-order valence-electron chi connectivity index (χ2n) is 12.0. The molecule has 0 saturated heterocycles. The molecule has 0 amide bonds. The summed E-state index contributed by atoms with van der Waals surface area (Å²) in [6, 6.07) is 0. The van der Waals surface area contributed by atoms with Crippen LogP contribution in [0.3, 0.4) is 0 Å². The molecule has 1 unspecified atom stereocenters. The fourth-order valence-electron chi connectivity index (χ4n) is 5.06. The van der Waals surface area contributed by atoms with E-state index in [-0.39, 0.29) is 6.42 Å². The van der Waals surface area contributed by atoms with Gasteiger partial charge < -0.3 is 9.84 Å². The molecule has 0 aromatic heterocycles. The van der Waals surface area contributed by atoms with Crippen molar-refractivity contribution in [1.82, 2.24) is 0 Å². The van der Waals surface area contributed by atoms with Gasteiger partial charge in [0.1, 0.15) is 0 Å². The smallest absolute Gasteiger partial charge is 0.345 e. The first-order chi connectivity index (χ1) is 21.6. The van der Waals surface area contributed by atoms with Crippen LogP contribution in [0.2, 0.25) is 0 Å². The number of carbonyl (C=O) groups is 2. The molecule has 4 nitrogen and oxygen atoms in total. The van der Waals surface area contributed by atoms with E-state index >= 15 is 0 Å². The molecule has 0 saturated carbocycles. The minimum absolute atomic E-state index is 0.261. The summed E-state index contributed by atoms with van der Waals surface area (Å²) in [5, 5.41) is 9.46. The second kappa shape index (κ2) is 35.1. The van der Waals surface area contributed by atoms with Gasteiger partial charge in [-0.2, -0.15) is 0 Å². The molecule has 0 aliphatic rings. The number of ether oxygens (including phenoxy) is 1. The largest absolute Gasteiger partial charge is 0.479 e. The molecule has 44 heavy (non-hydrogen) atoms. The molecule has 1 N–H and O–H groups in total. The Labute approximate surface area is 272 Å². The molecule has 0 aliphatic heterocycles. The van der Waals surface area contributed by atoms with Crippen LogP contribution in [-0.2, 0) is 14.3 Å². The molecule has 0 bridgehead atoms. The normalized spacial score (nSPS) is 13.0. The lowest BCUT2D eigenvalue weighted by atomic mass is 10.0. The summed E-state index contributed by atoms with van der Waals surface area (Å²) in [7, 11) is 0. The summed E-state index contributed by atoms with van der Waals surface area (Å²) >= 11 is 0. The van der Waals surface area contributed by atoms with Crippen LogP contribution in [0.5, 0.6) is 0 Å². The monoisotopic (exact) mass is 613 g/mol. The molecule has 0 aromatic carbocycles. The van der Waals surface area contributed by atoms with Crippen molar-refractivity contribution in [3.63, 3.8) is 0 Å². The zero-order chi connectivity index (χ0) is 32.2. The van der Waals surface area contributed by atoms with Crippen LogP contribution >= 0.6 is 0 Å². The van der Waals surface area contributed by atoms with Gasteiger partial charge in [-0.3, -0.25) is 4.79 Å². The lowest BCUT2D eigenvalue weighted by molar-refractivity contribution is -0.164. The van der Waals surface area contributed by atoms with Gasteiger partial charge in [0.2, 0.25) is 0 Å². The quantitative estimate of drug-likeness (QED) is 0.0466. The number of carboxylic acids is 1. The Morgan fingerprint density at radius 1 is 0.523 bits per heavy atom. The number of aliphatic carboxylic acids is 1. The van der Waals surface area contributed by atoms with Crippen molar-refractivity contribution in [3.05, 3.63) is 60.8 Å². The number of carbonyl (C=O) groups excluding carboxylic acids is 1. The van der Waals surface area contributed by atoms with E-state index in [1.807, 2.05) is 0 Å². The maximum atomic E-state index is 12.2. The van der Waals surface area contributed by atoms with E-state index in [1.165, 1.54) is 83.5 Å². The van der Waals surface area contributed by atoms with Crippen molar-refractivity contribution < 1.29 is 19.4 Å². The third kappa shape index (κ3) is 32.6. The molecule has 0 spiro atoms. The van der Waals surface area contributed by atoms with Crippen LogP contribution in [0.4, 0.5) is 0 Å². The molecule has 0 heterocycles. The Morgan fingerprint density at radius 3 is 1.32 bits per heavy atom. The highest BCUT2D eigenvalue weighted by Crippen LogP contribution is 2.15. The van der Waals surface area contributed by atoms with Crippen molar-refractivity contribution in [2.75, 3.05) is 0 Å². The van der Waals surface area contributed by atoms with Gasteiger partial charge in [0, 0.05) is 6.42 Å². The standard InChI is InChI=1S/C40H68O4/c1-3-5-7-9-11-13-15-17-19-21-23-25-27-29-31-33-35-37-39(41)44-38(40(42)43)36-34-32-30-28-26-24-22-20-18-16-14-12-10-8-6-4-2/h5,7,11,13,17,19,23,25,29,31,38H,3-4,6,8-10,12,14-16,18,20-22,24,26-28,30,32-37H2,1-2H3,(H,42,43)/b7-5-,13-11-,19-17-,25-23-,31-29-. The predicted octanol–water partition coefficient (Wildman–Crippen LogP) is 12.6. The van der Waals surface area contributed by atoms with E-state index in [0.717, 1.165) is 57.8 Å². The number of unbranched alkanes of at least 4 members (excludes halogenated alkanes) is 16. The number of esters is 1. The third-order valence-electron chi connectivity index (χ3n) is 7.78.